The van der Waals surface area contributed by atoms with E-state index in [0.717, 1.165) is 19.4 Å². The minimum absolute atomic E-state index is 0.0211. The molecule has 0 saturated carbocycles. The van der Waals surface area contributed by atoms with Crippen LogP contribution in [-0.2, 0) is 16.0 Å². The van der Waals surface area contributed by atoms with Gasteiger partial charge in [0.15, 0.2) is 0 Å². The van der Waals surface area contributed by atoms with Gasteiger partial charge in [0.1, 0.15) is 0 Å². The van der Waals surface area contributed by atoms with Gasteiger partial charge in [-0.2, -0.15) is 0 Å². The summed E-state index contributed by atoms with van der Waals surface area (Å²) in [5.41, 5.74) is 0.700. The number of nitrogens with zero attached hydrogens (tertiary/aromatic N) is 2. The molecule has 6 heteroatoms. The van der Waals surface area contributed by atoms with Gasteiger partial charge in [-0.05, 0) is 30.9 Å². The lowest BCUT2D eigenvalue weighted by Crippen LogP contribution is -2.44. The van der Waals surface area contributed by atoms with Gasteiger partial charge in [-0.3, -0.25) is 9.59 Å². The molecule has 0 aromatic heterocycles. The maximum atomic E-state index is 12.5. The average molecular weight is 360 g/mol. The van der Waals surface area contributed by atoms with Crippen molar-refractivity contribution in [3.8, 4) is 0 Å². The summed E-state index contributed by atoms with van der Waals surface area (Å²) in [6.07, 6.45) is 3.48. The lowest BCUT2D eigenvalue weighted by Gasteiger charge is -2.33. The zero-order chi connectivity index (χ0) is 19.1. The molecule has 6 nitrogen and oxygen atoms in total. The molecule has 0 atom stereocenters. The van der Waals surface area contributed by atoms with Crippen LogP contribution in [-0.4, -0.2) is 59.4 Å². The number of rotatable bonds is 7. The fourth-order valence-electron chi connectivity index (χ4n) is 3.35. The molecule has 2 rings (SSSR count). The van der Waals surface area contributed by atoms with E-state index >= 15 is 0 Å². The molecule has 1 saturated heterocycles. The Hall–Kier alpha value is -2.37. The van der Waals surface area contributed by atoms with Gasteiger partial charge >= 0.3 is 5.97 Å². The monoisotopic (exact) mass is 360 g/mol. The van der Waals surface area contributed by atoms with Gasteiger partial charge < -0.3 is 14.9 Å². The van der Waals surface area contributed by atoms with Gasteiger partial charge in [0.05, 0.1) is 12.0 Å². The van der Waals surface area contributed by atoms with Crippen molar-refractivity contribution in [1.82, 2.24) is 9.80 Å². The highest BCUT2D eigenvalue weighted by molar-refractivity contribution is 5.91. The van der Waals surface area contributed by atoms with Crippen molar-refractivity contribution in [3.63, 3.8) is 0 Å². The minimum atomic E-state index is -1.02. The second kappa shape index (κ2) is 9.36. The zero-order valence-corrected chi connectivity index (χ0v) is 15.6. The van der Waals surface area contributed by atoms with E-state index in [1.54, 1.807) is 28.0 Å². The summed E-state index contributed by atoms with van der Waals surface area (Å²) < 4.78 is 0. The van der Waals surface area contributed by atoms with Crippen LogP contribution in [0.2, 0.25) is 0 Å². The molecule has 0 spiro atoms. The fraction of sp³-hybridized carbons (Fsp3) is 0.550. The Morgan fingerprint density at radius 1 is 1.19 bits per heavy atom. The Morgan fingerprint density at radius 2 is 1.85 bits per heavy atom. The highest BCUT2D eigenvalue weighted by Gasteiger charge is 2.29. The number of hydrogen-bond acceptors (Lipinski definition) is 3. The normalized spacial score (nSPS) is 14.9. The van der Waals surface area contributed by atoms with Gasteiger partial charge in [-0.15, -0.1) is 0 Å². The van der Waals surface area contributed by atoms with E-state index in [-0.39, 0.29) is 29.7 Å². The maximum Gasteiger partial charge on any atom is 0.335 e. The molecule has 0 bridgehead atoms. The first-order chi connectivity index (χ1) is 12.4. The third-order valence-electron chi connectivity index (χ3n) is 5.01. The minimum Gasteiger partial charge on any atom is -0.478 e. The number of unbranched alkanes of at least 4 members (excludes halogenated alkanes) is 1. The first-order valence-corrected chi connectivity index (χ1v) is 9.28. The molecule has 1 aromatic rings. The van der Waals surface area contributed by atoms with Gasteiger partial charge in [0.2, 0.25) is 11.8 Å². The van der Waals surface area contributed by atoms with Gasteiger partial charge in [0.25, 0.3) is 0 Å². The van der Waals surface area contributed by atoms with E-state index in [9.17, 15) is 19.5 Å². The van der Waals surface area contributed by atoms with Crippen molar-refractivity contribution in [2.45, 2.75) is 39.0 Å². The number of benzene rings is 1. The molecule has 0 radical (unpaired) electrons. The Kier molecular flexibility index (Phi) is 7.18. The number of carbonyl (C=O) groups is 3. The summed E-state index contributed by atoms with van der Waals surface area (Å²) in [4.78, 5) is 39.8. The summed E-state index contributed by atoms with van der Waals surface area (Å²) in [5.74, 6) is -0.953. The molecule has 2 amide bonds. The van der Waals surface area contributed by atoms with Crippen LogP contribution in [0.25, 0.3) is 0 Å². The standard InChI is InChI=1S/C20H28N2O4/c1-3-4-11-21(2)19(24)15-9-12-22(13-10-15)18(23)14-16-7-5-6-8-17(16)20(25)26/h5-8,15H,3-4,9-14H2,1-2H3,(H,25,26). The van der Waals surface area contributed by atoms with Gasteiger partial charge in [-0.25, -0.2) is 4.79 Å². The van der Waals surface area contributed by atoms with E-state index in [2.05, 4.69) is 6.92 Å². The number of piperidine rings is 1. The summed E-state index contributed by atoms with van der Waals surface area (Å²) >= 11 is 0. The second-order valence-corrected chi connectivity index (χ2v) is 6.91. The molecule has 1 aromatic carbocycles. The van der Waals surface area contributed by atoms with Crippen LogP contribution in [0.5, 0.6) is 0 Å². The van der Waals surface area contributed by atoms with E-state index < -0.39 is 5.97 Å². The largest absolute Gasteiger partial charge is 0.478 e. The van der Waals surface area contributed by atoms with Gasteiger partial charge in [0, 0.05) is 32.6 Å². The lowest BCUT2D eigenvalue weighted by molar-refractivity contribution is -0.139. The number of hydrogen-bond donors (Lipinski definition) is 1. The Balaban J connectivity index is 1.89. The van der Waals surface area contributed by atoms with Crippen molar-refractivity contribution < 1.29 is 19.5 Å². The van der Waals surface area contributed by atoms with Crippen LogP contribution in [0.1, 0.15) is 48.5 Å². The van der Waals surface area contributed by atoms with E-state index in [1.807, 2.05) is 7.05 Å². The number of carboxylic acids is 1. The lowest BCUT2D eigenvalue weighted by atomic mass is 9.94. The smallest absolute Gasteiger partial charge is 0.335 e. The van der Waals surface area contributed by atoms with Crippen LogP contribution >= 0.6 is 0 Å². The number of amides is 2. The highest BCUT2D eigenvalue weighted by atomic mass is 16.4. The second-order valence-electron chi connectivity index (χ2n) is 6.91. The number of likely N-dealkylation sites (tertiary alicyclic amines) is 1. The third kappa shape index (κ3) is 5.07. The Morgan fingerprint density at radius 3 is 2.46 bits per heavy atom. The van der Waals surface area contributed by atoms with Crippen molar-refractivity contribution >= 4 is 17.8 Å². The topological polar surface area (TPSA) is 77.9 Å². The summed E-state index contributed by atoms with van der Waals surface area (Å²) in [6, 6.07) is 6.60. The molecule has 1 aliphatic rings. The summed E-state index contributed by atoms with van der Waals surface area (Å²) in [5, 5.41) is 9.23. The quantitative estimate of drug-likeness (QED) is 0.810. The van der Waals surface area contributed by atoms with E-state index in [1.165, 1.54) is 6.07 Å². The molecule has 0 aliphatic carbocycles. The first-order valence-electron chi connectivity index (χ1n) is 9.28. The number of aromatic carboxylic acids is 1. The fourth-order valence-corrected chi connectivity index (χ4v) is 3.35. The van der Waals surface area contributed by atoms with Crippen molar-refractivity contribution in [3.05, 3.63) is 35.4 Å². The van der Waals surface area contributed by atoms with Crippen molar-refractivity contribution in [2.75, 3.05) is 26.7 Å². The number of carbonyl (C=O) groups excluding carboxylic acids is 2. The molecule has 142 valence electrons. The van der Waals surface area contributed by atoms with Crippen LogP contribution in [0.15, 0.2) is 24.3 Å². The molecule has 1 N–H and O–H groups in total. The average Bonchev–Trinajstić information content (AvgIpc) is 2.65. The molecule has 0 unspecified atom stereocenters. The Bertz CT molecular complexity index is 651. The van der Waals surface area contributed by atoms with Gasteiger partial charge in [-0.1, -0.05) is 31.5 Å². The zero-order valence-electron chi connectivity index (χ0n) is 15.6. The molecular weight excluding hydrogens is 332 g/mol. The summed E-state index contributed by atoms with van der Waals surface area (Å²) in [7, 11) is 1.85. The van der Waals surface area contributed by atoms with Crippen LogP contribution in [0.4, 0.5) is 0 Å². The Labute approximate surface area is 154 Å². The highest BCUT2D eigenvalue weighted by Crippen LogP contribution is 2.21. The SMILES string of the molecule is CCCCN(C)C(=O)C1CCN(C(=O)Cc2ccccc2C(=O)O)CC1. The maximum absolute atomic E-state index is 12.5. The van der Waals surface area contributed by atoms with Crippen LogP contribution in [0, 0.1) is 5.92 Å². The van der Waals surface area contributed by atoms with Crippen molar-refractivity contribution in [1.29, 1.82) is 0 Å². The van der Waals surface area contributed by atoms with E-state index in [0.29, 0.717) is 31.5 Å². The van der Waals surface area contributed by atoms with E-state index in [4.69, 9.17) is 0 Å². The molecule has 1 heterocycles. The predicted molar refractivity (Wildman–Crippen MR) is 99.0 cm³/mol. The summed E-state index contributed by atoms with van der Waals surface area (Å²) in [6.45, 7) is 3.98. The molecular formula is C20H28N2O4. The first kappa shape index (κ1) is 19.9. The van der Waals surface area contributed by atoms with Crippen LogP contribution in [0.3, 0.4) is 0 Å². The predicted octanol–water partition coefficient (Wildman–Crippen LogP) is 2.42. The van der Waals surface area contributed by atoms with Crippen LogP contribution < -0.4 is 0 Å². The number of carboxylic acid groups (broad SMARTS) is 1. The molecule has 1 aliphatic heterocycles. The third-order valence-corrected chi connectivity index (χ3v) is 5.01. The molecule has 1 fully saturated rings. The molecule has 26 heavy (non-hydrogen) atoms. The van der Waals surface area contributed by atoms with Crippen molar-refractivity contribution in [2.24, 2.45) is 5.92 Å².